The molecule has 0 saturated carbocycles. The maximum atomic E-state index is 11.8. The molecule has 4 heteroatoms. The van der Waals surface area contributed by atoms with Crippen molar-refractivity contribution in [2.45, 2.75) is 39.2 Å². The highest BCUT2D eigenvalue weighted by atomic mass is 19.3. The second-order valence-corrected chi connectivity index (χ2v) is 4.48. The van der Waals surface area contributed by atoms with Gasteiger partial charge in [-0.2, -0.15) is 0 Å². The van der Waals surface area contributed by atoms with Crippen LogP contribution in [0.5, 0.6) is 0 Å². The molecular formula is C14H20F2O2. The van der Waals surface area contributed by atoms with Crippen LogP contribution >= 0.6 is 0 Å². The summed E-state index contributed by atoms with van der Waals surface area (Å²) in [7, 11) is 0. The molecule has 0 spiro atoms. The van der Waals surface area contributed by atoms with Gasteiger partial charge in [-0.1, -0.05) is 18.2 Å². The molecule has 1 rings (SSSR count). The van der Waals surface area contributed by atoms with E-state index in [-0.39, 0.29) is 6.61 Å². The standard InChI is InChI=1S/C14H20F2O2/c1-10-4-3-5-11(2)13(10)8-12(17)6-7-18-9-14(15)16/h3-5,12,14,17H,6-9H2,1-2H3. The molecule has 1 N–H and O–H groups in total. The van der Waals surface area contributed by atoms with Crippen LogP contribution < -0.4 is 0 Å². The van der Waals surface area contributed by atoms with Crippen LogP contribution in [0.2, 0.25) is 0 Å². The lowest BCUT2D eigenvalue weighted by Crippen LogP contribution is -2.16. The first-order valence-corrected chi connectivity index (χ1v) is 6.09. The Hall–Kier alpha value is -1.00. The van der Waals surface area contributed by atoms with E-state index >= 15 is 0 Å². The minimum absolute atomic E-state index is 0.163. The van der Waals surface area contributed by atoms with Crippen molar-refractivity contribution >= 4 is 0 Å². The lowest BCUT2D eigenvalue weighted by molar-refractivity contribution is 0.00510. The summed E-state index contributed by atoms with van der Waals surface area (Å²) in [5.74, 6) is 0. The maximum absolute atomic E-state index is 11.8. The molecular weight excluding hydrogens is 238 g/mol. The van der Waals surface area contributed by atoms with Crippen molar-refractivity contribution in [1.82, 2.24) is 0 Å². The molecule has 0 bridgehead atoms. The van der Waals surface area contributed by atoms with Gasteiger partial charge < -0.3 is 9.84 Å². The lowest BCUT2D eigenvalue weighted by atomic mass is 9.96. The van der Waals surface area contributed by atoms with Crippen molar-refractivity contribution in [3.05, 3.63) is 34.9 Å². The SMILES string of the molecule is Cc1cccc(C)c1CC(O)CCOCC(F)F. The van der Waals surface area contributed by atoms with Gasteiger partial charge in [0, 0.05) is 6.61 Å². The van der Waals surface area contributed by atoms with E-state index in [0.29, 0.717) is 12.8 Å². The highest BCUT2D eigenvalue weighted by molar-refractivity contribution is 5.33. The van der Waals surface area contributed by atoms with Gasteiger partial charge in [0.15, 0.2) is 0 Å². The van der Waals surface area contributed by atoms with E-state index < -0.39 is 19.1 Å². The second kappa shape index (κ2) is 7.44. The Morgan fingerprint density at radius 1 is 1.22 bits per heavy atom. The van der Waals surface area contributed by atoms with Gasteiger partial charge in [-0.25, -0.2) is 8.78 Å². The number of aliphatic hydroxyl groups excluding tert-OH is 1. The summed E-state index contributed by atoms with van der Waals surface area (Å²) in [5.41, 5.74) is 3.41. The average molecular weight is 258 g/mol. The number of halogens is 2. The Morgan fingerprint density at radius 2 is 1.83 bits per heavy atom. The molecule has 0 radical (unpaired) electrons. The van der Waals surface area contributed by atoms with Gasteiger partial charge in [0.25, 0.3) is 6.43 Å². The molecule has 0 aliphatic heterocycles. The molecule has 0 amide bonds. The van der Waals surface area contributed by atoms with E-state index in [1.54, 1.807) is 0 Å². The van der Waals surface area contributed by atoms with Crippen molar-refractivity contribution in [2.24, 2.45) is 0 Å². The zero-order chi connectivity index (χ0) is 13.5. The number of hydrogen-bond donors (Lipinski definition) is 1. The highest BCUT2D eigenvalue weighted by Crippen LogP contribution is 2.16. The molecule has 18 heavy (non-hydrogen) atoms. The molecule has 1 atom stereocenters. The first-order valence-electron chi connectivity index (χ1n) is 6.09. The van der Waals surface area contributed by atoms with Crippen molar-refractivity contribution in [3.63, 3.8) is 0 Å². The largest absolute Gasteiger partial charge is 0.393 e. The Morgan fingerprint density at radius 3 is 2.39 bits per heavy atom. The summed E-state index contributed by atoms with van der Waals surface area (Å²) in [4.78, 5) is 0. The molecule has 0 heterocycles. The number of rotatable bonds is 7. The van der Waals surface area contributed by atoms with Crippen LogP contribution in [-0.2, 0) is 11.2 Å². The van der Waals surface area contributed by atoms with Crippen LogP contribution in [0, 0.1) is 13.8 Å². The van der Waals surface area contributed by atoms with Crippen molar-refractivity contribution in [2.75, 3.05) is 13.2 Å². The number of aliphatic hydroxyl groups is 1. The van der Waals surface area contributed by atoms with Crippen LogP contribution in [0.3, 0.4) is 0 Å². The van der Waals surface area contributed by atoms with Crippen LogP contribution in [0.4, 0.5) is 8.78 Å². The Balaban J connectivity index is 2.38. The predicted octanol–water partition coefficient (Wildman–Crippen LogP) is 2.88. The summed E-state index contributed by atoms with van der Waals surface area (Å²) < 4.78 is 28.4. The van der Waals surface area contributed by atoms with E-state index in [9.17, 15) is 13.9 Å². The number of alkyl halides is 2. The van der Waals surface area contributed by atoms with Crippen molar-refractivity contribution in [1.29, 1.82) is 0 Å². The quantitative estimate of drug-likeness (QED) is 0.762. The fourth-order valence-electron chi connectivity index (χ4n) is 1.90. The molecule has 0 aliphatic rings. The highest BCUT2D eigenvalue weighted by Gasteiger charge is 2.10. The van der Waals surface area contributed by atoms with Gasteiger partial charge in [-0.15, -0.1) is 0 Å². The number of ether oxygens (including phenoxy) is 1. The first kappa shape index (κ1) is 15.1. The molecule has 0 fully saturated rings. The lowest BCUT2D eigenvalue weighted by Gasteiger charge is -2.14. The maximum Gasteiger partial charge on any atom is 0.261 e. The third-order valence-corrected chi connectivity index (χ3v) is 2.92. The van der Waals surface area contributed by atoms with Crippen LogP contribution in [-0.4, -0.2) is 30.8 Å². The molecule has 0 aliphatic carbocycles. The Bertz CT molecular complexity index is 347. The Kier molecular flexibility index (Phi) is 6.22. The smallest absolute Gasteiger partial charge is 0.261 e. The van der Waals surface area contributed by atoms with Gasteiger partial charge in [0.1, 0.15) is 6.61 Å². The first-order chi connectivity index (χ1) is 8.50. The summed E-state index contributed by atoms with van der Waals surface area (Å²) >= 11 is 0. The summed E-state index contributed by atoms with van der Waals surface area (Å²) in [6.07, 6.45) is -2.08. The van der Waals surface area contributed by atoms with Crippen LogP contribution in [0.25, 0.3) is 0 Å². The zero-order valence-corrected chi connectivity index (χ0v) is 10.8. The van der Waals surface area contributed by atoms with Gasteiger partial charge >= 0.3 is 0 Å². The van der Waals surface area contributed by atoms with E-state index in [0.717, 1.165) is 16.7 Å². The molecule has 0 aromatic heterocycles. The van der Waals surface area contributed by atoms with Gasteiger partial charge in [-0.3, -0.25) is 0 Å². The minimum atomic E-state index is -2.44. The van der Waals surface area contributed by atoms with Crippen LogP contribution in [0.1, 0.15) is 23.1 Å². The van der Waals surface area contributed by atoms with Crippen LogP contribution in [0.15, 0.2) is 18.2 Å². The number of aryl methyl sites for hydroxylation is 2. The third kappa shape index (κ3) is 5.10. The third-order valence-electron chi connectivity index (χ3n) is 2.92. The van der Waals surface area contributed by atoms with Crippen molar-refractivity contribution in [3.8, 4) is 0 Å². The van der Waals surface area contributed by atoms with Gasteiger partial charge in [0.2, 0.25) is 0 Å². The van der Waals surface area contributed by atoms with E-state index in [2.05, 4.69) is 0 Å². The number of benzene rings is 1. The topological polar surface area (TPSA) is 29.5 Å². The molecule has 2 nitrogen and oxygen atoms in total. The Labute approximate surface area is 107 Å². The van der Waals surface area contributed by atoms with Gasteiger partial charge in [-0.05, 0) is 43.4 Å². The normalized spacial score (nSPS) is 13.0. The molecule has 102 valence electrons. The zero-order valence-electron chi connectivity index (χ0n) is 10.8. The van der Waals surface area contributed by atoms with Gasteiger partial charge in [0.05, 0.1) is 6.10 Å². The minimum Gasteiger partial charge on any atom is -0.393 e. The average Bonchev–Trinajstić information content (AvgIpc) is 2.29. The summed E-state index contributed by atoms with van der Waals surface area (Å²) in [6, 6.07) is 5.98. The molecule has 1 unspecified atom stereocenters. The fraction of sp³-hybridized carbons (Fsp3) is 0.571. The predicted molar refractivity (Wildman–Crippen MR) is 67.1 cm³/mol. The van der Waals surface area contributed by atoms with E-state index in [1.807, 2.05) is 32.0 Å². The molecule has 1 aromatic carbocycles. The monoisotopic (exact) mass is 258 g/mol. The second-order valence-electron chi connectivity index (χ2n) is 4.48. The summed E-state index contributed by atoms with van der Waals surface area (Å²) in [5, 5.41) is 9.85. The van der Waals surface area contributed by atoms with E-state index in [4.69, 9.17) is 4.74 Å². The van der Waals surface area contributed by atoms with E-state index in [1.165, 1.54) is 0 Å². The fourth-order valence-corrected chi connectivity index (χ4v) is 1.90. The molecule has 1 aromatic rings. The summed E-state index contributed by atoms with van der Waals surface area (Å²) in [6.45, 7) is 3.61. The number of hydrogen-bond acceptors (Lipinski definition) is 2. The molecule has 0 saturated heterocycles. The van der Waals surface area contributed by atoms with Crippen molar-refractivity contribution < 1.29 is 18.6 Å².